The molecule has 2 N–H and O–H groups in total. The molecule has 4 rings (SSSR count). The molecule has 0 radical (unpaired) electrons. The Kier molecular flexibility index (Phi) is 4.89. The topological polar surface area (TPSA) is 70.6 Å². The SMILES string of the molecule is C/C(=N\NC(=O)c1cccc2ccccc12)c1cccc(NC(=O)C2CC2)c1. The van der Waals surface area contributed by atoms with Crippen LogP contribution in [-0.2, 0) is 4.79 Å². The van der Waals surface area contributed by atoms with Gasteiger partial charge in [-0.3, -0.25) is 9.59 Å². The number of fused-ring (bicyclic) bond motifs is 1. The third-order valence-corrected chi connectivity index (χ3v) is 4.86. The molecule has 140 valence electrons. The minimum Gasteiger partial charge on any atom is -0.326 e. The number of rotatable bonds is 5. The highest BCUT2D eigenvalue weighted by molar-refractivity contribution is 6.08. The zero-order chi connectivity index (χ0) is 19.5. The van der Waals surface area contributed by atoms with Gasteiger partial charge in [0.05, 0.1) is 5.71 Å². The predicted molar refractivity (Wildman–Crippen MR) is 111 cm³/mol. The standard InChI is InChI=1S/C23H21N3O2/c1-15(18-8-4-9-19(14-18)24-22(27)17-12-13-17)25-26-23(28)21-11-5-7-16-6-2-3-10-20(16)21/h2-11,14,17H,12-13H2,1H3,(H,24,27)(H,26,28)/b25-15+. The molecule has 0 aliphatic heterocycles. The van der Waals surface area contributed by atoms with Crippen molar-refractivity contribution in [3.63, 3.8) is 0 Å². The molecule has 28 heavy (non-hydrogen) atoms. The first kappa shape index (κ1) is 17.9. The first-order valence-corrected chi connectivity index (χ1v) is 9.35. The number of hydrazone groups is 1. The van der Waals surface area contributed by atoms with Crippen LogP contribution in [0.25, 0.3) is 10.8 Å². The maximum absolute atomic E-state index is 12.6. The fourth-order valence-electron chi connectivity index (χ4n) is 3.09. The van der Waals surface area contributed by atoms with Crippen LogP contribution in [0.5, 0.6) is 0 Å². The average Bonchev–Trinajstić information content (AvgIpc) is 3.57. The van der Waals surface area contributed by atoms with Gasteiger partial charge in [0.15, 0.2) is 0 Å². The summed E-state index contributed by atoms with van der Waals surface area (Å²) in [5.74, 6) is -0.0382. The molecule has 2 amide bonds. The van der Waals surface area contributed by atoms with E-state index in [1.54, 1.807) is 6.07 Å². The van der Waals surface area contributed by atoms with Gasteiger partial charge in [0.2, 0.25) is 5.91 Å². The Morgan fingerprint density at radius 2 is 1.71 bits per heavy atom. The van der Waals surface area contributed by atoms with Crippen molar-refractivity contribution in [2.24, 2.45) is 11.0 Å². The van der Waals surface area contributed by atoms with Crippen LogP contribution in [-0.4, -0.2) is 17.5 Å². The minimum absolute atomic E-state index is 0.0657. The van der Waals surface area contributed by atoms with Crippen LogP contribution in [0.15, 0.2) is 71.8 Å². The van der Waals surface area contributed by atoms with Gasteiger partial charge < -0.3 is 5.32 Å². The molecule has 1 aliphatic carbocycles. The second kappa shape index (κ2) is 7.64. The van der Waals surface area contributed by atoms with Crippen LogP contribution in [0.4, 0.5) is 5.69 Å². The normalized spacial score (nSPS) is 14.0. The van der Waals surface area contributed by atoms with Crippen molar-refractivity contribution >= 4 is 34.0 Å². The first-order valence-electron chi connectivity index (χ1n) is 9.35. The quantitative estimate of drug-likeness (QED) is 0.517. The van der Waals surface area contributed by atoms with E-state index in [9.17, 15) is 9.59 Å². The fraction of sp³-hybridized carbons (Fsp3) is 0.174. The number of nitrogens with one attached hydrogen (secondary N) is 2. The third kappa shape index (κ3) is 3.93. The van der Waals surface area contributed by atoms with E-state index in [1.807, 2.05) is 67.6 Å². The molecule has 1 aliphatic rings. The van der Waals surface area contributed by atoms with E-state index < -0.39 is 0 Å². The van der Waals surface area contributed by atoms with E-state index in [1.165, 1.54) is 0 Å². The molecule has 5 heteroatoms. The van der Waals surface area contributed by atoms with Gasteiger partial charge in [-0.25, -0.2) is 5.43 Å². The van der Waals surface area contributed by atoms with Crippen molar-refractivity contribution in [3.05, 3.63) is 77.9 Å². The van der Waals surface area contributed by atoms with Crippen LogP contribution in [0.1, 0.15) is 35.7 Å². The summed E-state index contributed by atoms with van der Waals surface area (Å²) in [6, 6.07) is 20.9. The van der Waals surface area contributed by atoms with Gasteiger partial charge in [0, 0.05) is 17.2 Å². The van der Waals surface area contributed by atoms with Crippen LogP contribution in [0.2, 0.25) is 0 Å². The van der Waals surface area contributed by atoms with E-state index in [2.05, 4.69) is 15.8 Å². The van der Waals surface area contributed by atoms with Crippen molar-refractivity contribution < 1.29 is 9.59 Å². The molecule has 5 nitrogen and oxygen atoms in total. The molecule has 0 bridgehead atoms. The second-order valence-corrected chi connectivity index (χ2v) is 7.01. The number of hydrogen-bond donors (Lipinski definition) is 2. The van der Waals surface area contributed by atoms with Crippen molar-refractivity contribution in [1.29, 1.82) is 0 Å². The zero-order valence-corrected chi connectivity index (χ0v) is 15.6. The molecule has 0 saturated heterocycles. The molecule has 0 atom stereocenters. The Labute approximate surface area is 163 Å². The maximum atomic E-state index is 12.6. The number of carbonyl (C=O) groups excluding carboxylic acids is 2. The Balaban J connectivity index is 1.49. The van der Waals surface area contributed by atoms with Crippen molar-refractivity contribution in [2.75, 3.05) is 5.32 Å². The lowest BCUT2D eigenvalue weighted by Crippen LogP contribution is -2.19. The Morgan fingerprint density at radius 3 is 2.54 bits per heavy atom. The third-order valence-electron chi connectivity index (χ3n) is 4.86. The number of amides is 2. The number of carbonyl (C=O) groups is 2. The van der Waals surface area contributed by atoms with Crippen LogP contribution in [0.3, 0.4) is 0 Å². The van der Waals surface area contributed by atoms with E-state index in [4.69, 9.17) is 0 Å². The van der Waals surface area contributed by atoms with Gasteiger partial charge in [-0.15, -0.1) is 0 Å². The highest BCUT2D eigenvalue weighted by Gasteiger charge is 2.29. The van der Waals surface area contributed by atoms with Crippen LogP contribution < -0.4 is 10.7 Å². The average molecular weight is 371 g/mol. The Hall–Kier alpha value is -3.47. The van der Waals surface area contributed by atoms with E-state index in [0.29, 0.717) is 11.3 Å². The first-order chi connectivity index (χ1) is 13.6. The molecule has 0 spiro atoms. The smallest absolute Gasteiger partial charge is 0.272 e. The van der Waals surface area contributed by atoms with Crippen LogP contribution >= 0.6 is 0 Å². The summed E-state index contributed by atoms with van der Waals surface area (Å²) in [6.07, 6.45) is 1.93. The lowest BCUT2D eigenvalue weighted by Gasteiger charge is -2.08. The van der Waals surface area contributed by atoms with Crippen LogP contribution in [0, 0.1) is 5.92 Å². The largest absolute Gasteiger partial charge is 0.326 e. The summed E-state index contributed by atoms with van der Waals surface area (Å²) >= 11 is 0. The number of benzene rings is 3. The molecule has 1 fully saturated rings. The summed E-state index contributed by atoms with van der Waals surface area (Å²) < 4.78 is 0. The monoisotopic (exact) mass is 371 g/mol. The van der Waals surface area contributed by atoms with Gasteiger partial charge in [-0.2, -0.15) is 5.10 Å². The summed E-state index contributed by atoms with van der Waals surface area (Å²) in [4.78, 5) is 24.6. The summed E-state index contributed by atoms with van der Waals surface area (Å²) in [5.41, 5.74) is 5.47. The minimum atomic E-state index is -0.255. The molecule has 0 aromatic heterocycles. The molecule has 0 unspecified atom stereocenters. The summed E-state index contributed by atoms with van der Waals surface area (Å²) in [7, 11) is 0. The fourth-order valence-corrected chi connectivity index (χ4v) is 3.09. The lowest BCUT2D eigenvalue weighted by molar-refractivity contribution is -0.117. The van der Waals surface area contributed by atoms with Crippen molar-refractivity contribution in [2.45, 2.75) is 19.8 Å². The van der Waals surface area contributed by atoms with Gasteiger partial charge in [-0.1, -0.05) is 48.5 Å². The van der Waals surface area contributed by atoms with E-state index in [0.717, 1.165) is 34.9 Å². The highest BCUT2D eigenvalue weighted by atomic mass is 16.2. The van der Waals surface area contributed by atoms with E-state index in [-0.39, 0.29) is 17.7 Å². The number of hydrogen-bond acceptors (Lipinski definition) is 3. The van der Waals surface area contributed by atoms with Gasteiger partial charge in [0.1, 0.15) is 0 Å². The number of nitrogens with zero attached hydrogens (tertiary/aromatic N) is 1. The molecule has 3 aromatic carbocycles. The number of anilines is 1. The highest BCUT2D eigenvalue weighted by Crippen LogP contribution is 2.30. The molecule has 1 saturated carbocycles. The zero-order valence-electron chi connectivity index (χ0n) is 15.6. The van der Waals surface area contributed by atoms with Gasteiger partial charge in [0.25, 0.3) is 5.91 Å². The summed E-state index contributed by atoms with van der Waals surface area (Å²) in [5, 5.41) is 9.08. The van der Waals surface area contributed by atoms with Crippen molar-refractivity contribution in [3.8, 4) is 0 Å². The van der Waals surface area contributed by atoms with E-state index >= 15 is 0 Å². The summed E-state index contributed by atoms with van der Waals surface area (Å²) in [6.45, 7) is 1.82. The van der Waals surface area contributed by atoms with Gasteiger partial charge >= 0.3 is 0 Å². The Bertz CT molecular complexity index is 1080. The molecule has 0 heterocycles. The lowest BCUT2D eigenvalue weighted by atomic mass is 10.0. The maximum Gasteiger partial charge on any atom is 0.272 e. The molecule has 3 aromatic rings. The second-order valence-electron chi connectivity index (χ2n) is 7.01. The predicted octanol–water partition coefficient (Wildman–Crippen LogP) is 4.34. The van der Waals surface area contributed by atoms with Crippen molar-refractivity contribution in [1.82, 2.24) is 5.43 Å². The van der Waals surface area contributed by atoms with Gasteiger partial charge in [-0.05, 0) is 54.3 Å². The molecular weight excluding hydrogens is 350 g/mol. The Morgan fingerprint density at radius 1 is 0.964 bits per heavy atom. The molecular formula is C23H21N3O2.